The van der Waals surface area contributed by atoms with Gasteiger partial charge in [-0.3, -0.25) is 14.9 Å². The molecule has 1 aromatic carbocycles. The van der Waals surface area contributed by atoms with E-state index in [1.165, 1.54) is 4.90 Å². The number of esters is 1. The van der Waals surface area contributed by atoms with Crippen LogP contribution in [0.15, 0.2) is 30.5 Å². The van der Waals surface area contributed by atoms with Gasteiger partial charge in [-0.15, -0.1) is 23.5 Å². The third kappa shape index (κ3) is 5.02. The molecule has 0 radical (unpaired) electrons. The van der Waals surface area contributed by atoms with E-state index in [0.29, 0.717) is 19.4 Å². The summed E-state index contributed by atoms with van der Waals surface area (Å²) in [5.41, 5.74) is 1.91. The van der Waals surface area contributed by atoms with E-state index in [1.54, 1.807) is 37.4 Å². The number of carboxylic acid groups (broad SMARTS) is 1. The molecule has 0 aliphatic carbocycles. The van der Waals surface area contributed by atoms with Crippen LogP contribution in [0.3, 0.4) is 0 Å². The lowest BCUT2D eigenvalue weighted by Crippen LogP contribution is -2.54. The van der Waals surface area contributed by atoms with Crippen molar-refractivity contribution in [1.82, 2.24) is 15.2 Å². The van der Waals surface area contributed by atoms with Crippen molar-refractivity contribution in [3.05, 3.63) is 36.0 Å². The van der Waals surface area contributed by atoms with Crippen molar-refractivity contribution in [2.24, 2.45) is 0 Å². The van der Waals surface area contributed by atoms with Gasteiger partial charge in [-0.1, -0.05) is 18.2 Å². The number of hydrogen-bond acceptors (Lipinski definition) is 7. The van der Waals surface area contributed by atoms with Gasteiger partial charge in [0.25, 0.3) is 0 Å². The molecule has 0 saturated carbocycles. The zero-order valence-electron chi connectivity index (χ0n) is 18.7. The minimum atomic E-state index is -0.985. The molecule has 2 aliphatic rings. The number of aliphatic carboxylic acids is 1. The van der Waals surface area contributed by atoms with E-state index in [4.69, 9.17) is 4.74 Å². The van der Waals surface area contributed by atoms with E-state index >= 15 is 0 Å². The highest BCUT2D eigenvalue weighted by Crippen LogP contribution is 2.51. The minimum Gasteiger partial charge on any atom is -0.480 e. The van der Waals surface area contributed by atoms with Crippen LogP contribution >= 0.6 is 23.5 Å². The molecule has 2 aliphatic heterocycles. The second kappa shape index (κ2) is 9.99. The number of carboxylic acids is 1. The second-order valence-corrected chi connectivity index (χ2v) is 11.6. The van der Waals surface area contributed by atoms with Crippen molar-refractivity contribution in [1.29, 1.82) is 0 Å². The van der Waals surface area contributed by atoms with Gasteiger partial charge in [0.05, 0.1) is 16.7 Å². The number of carbonyl (C=O) groups excluding carboxylic acids is 2. The van der Waals surface area contributed by atoms with Crippen LogP contribution in [0, 0.1) is 0 Å². The van der Waals surface area contributed by atoms with Crippen LogP contribution in [0.1, 0.15) is 25.8 Å². The molecule has 2 fully saturated rings. The number of hydrogen-bond donors (Lipinski definition) is 3. The lowest BCUT2D eigenvalue weighted by atomic mass is 10.0. The third-order valence-electron chi connectivity index (χ3n) is 6.17. The first-order valence-corrected chi connectivity index (χ1v) is 13.1. The third-order valence-corrected chi connectivity index (χ3v) is 9.59. The summed E-state index contributed by atoms with van der Waals surface area (Å²) >= 11 is 3.49. The van der Waals surface area contributed by atoms with Gasteiger partial charge >= 0.3 is 11.9 Å². The highest BCUT2D eigenvalue weighted by Gasteiger charge is 2.52. The summed E-state index contributed by atoms with van der Waals surface area (Å²) < 4.78 is 5.02. The fraction of sp³-hybridized carbons (Fsp3) is 0.522. The van der Waals surface area contributed by atoms with Crippen LogP contribution in [-0.4, -0.2) is 79.7 Å². The van der Waals surface area contributed by atoms with Gasteiger partial charge in [0.15, 0.2) is 0 Å². The fourth-order valence-electron chi connectivity index (χ4n) is 4.59. The highest BCUT2D eigenvalue weighted by atomic mass is 32.2. The van der Waals surface area contributed by atoms with Crippen LogP contribution in [0.4, 0.5) is 0 Å². The fourth-order valence-corrected chi connectivity index (χ4v) is 7.85. The SMILES string of the molecule is CCOC(=O)[C@@H](Cc1c[nH]c2ccccc12)N[C@@H](C)C(=O)N1CC2(C[C@H]1C(=O)O)SCCS2. The highest BCUT2D eigenvalue weighted by molar-refractivity contribution is 8.21. The maximum atomic E-state index is 13.4. The van der Waals surface area contributed by atoms with Crippen LogP contribution < -0.4 is 5.32 Å². The van der Waals surface area contributed by atoms with Gasteiger partial charge in [0, 0.05) is 48.0 Å². The Balaban J connectivity index is 1.51. The number of likely N-dealkylation sites (tertiary alicyclic amines) is 1. The van der Waals surface area contributed by atoms with E-state index in [1.807, 2.05) is 30.5 Å². The molecular weight excluding hydrogens is 462 g/mol. The van der Waals surface area contributed by atoms with Gasteiger partial charge in [-0.2, -0.15) is 0 Å². The summed E-state index contributed by atoms with van der Waals surface area (Å²) in [6, 6.07) is 5.49. The molecule has 1 spiro atoms. The number of carbonyl (C=O) groups is 3. The molecule has 1 aromatic heterocycles. The molecule has 3 N–H and O–H groups in total. The van der Waals surface area contributed by atoms with Crippen molar-refractivity contribution in [3.8, 4) is 0 Å². The van der Waals surface area contributed by atoms with Gasteiger partial charge in [-0.25, -0.2) is 4.79 Å². The summed E-state index contributed by atoms with van der Waals surface area (Å²) in [7, 11) is 0. The molecule has 3 heterocycles. The molecular formula is C23H29N3O5S2. The molecule has 0 bridgehead atoms. The van der Waals surface area contributed by atoms with Crippen LogP contribution in [-0.2, 0) is 25.5 Å². The average molecular weight is 492 g/mol. The first-order valence-electron chi connectivity index (χ1n) is 11.1. The largest absolute Gasteiger partial charge is 0.480 e. The van der Waals surface area contributed by atoms with Crippen molar-refractivity contribution >= 4 is 52.3 Å². The van der Waals surface area contributed by atoms with Crippen LogP contribution in [0.5, 0.6) is 0 Å². The molecule has 8 nitrogen and oxygen atoms in total. The van der Waals surface area contributed by atoms with E-state index < -0.39 is 30.1 Å². The van der Waals surface area contributed by atoms with Crippen molar-refractivity contribution in [3.63, 3.8) is 0 Å². The lowest BCUT2D eigenvalue weighted by molar-refractivity contribution is -0.150. The zero-order valence-corrected chi connectivity index (χ0v) is 20.3. The number of aromatic nitrogens is 1. The number of thioether (sulfide) groups is 2. The van der Waals surface area contributed by atoms with Gasteiger partial charge < -0.3 is 19.7 Å². The van der Waals surface area contributed by atoms with Gasteiger partial charge in [-0.05, 0) is 25.5 Å². The Morgan fingerprint density at radius 2 is 2.03 bits per heavy atom. The summed E-state index contributed by atoms with van der Waals surface area (Å²) in [6.45, 7) is 4.06. The van der Waals surface area contributed by atoms with Crippen molar-refractivity contribution < 1.29 is 24.2 Å². The molecule has 1 amide bonds. The Morgan fingerprint density at radius 3 is 2.73 bits per heavy atom. The van der Waals surface area contributed by atoms with E-state index in [-0.39, 0.29) is 16.6 Å². The number of para-hydroxylation sites is 1. The van der Waals surface area contributed by atoms with E-state index in [2.05, 4.69) is 10.3 Å². The Morgan fingerprint density at radius 1 is 1.30 bits per heavy atom. The molecule has 178 valence electrons. The Hall–Kier alpha value is -2.17. The monoisotopic (exact) mass is 491 g/mol. The van der Waals surface area contributed by atoms with Crippen LogP contribution in [0.2, 0.25) is 0 Å². The number of H-pyrrole nitrogens is 1. The summed E-state index contributed by atoms with van der Waals surface area (Å²) in [5.74, 6) is 0.198. The molecule has 10 heteroatoms. The Kier molecular flexibility index (Phi) is 7.25. The number of amides is 1. The number of aromatic amines is 1. The number of benzene rings is 1. The molecule has 2 aromatic rings. The lowest BCUT2D eigenvalue weighted by Gasteiger charge is -2.28. The number of nitrogens with one attached hydrogen (secondary N) is 2. The number of nitrogens with zero attached hydrogens (tertiary/aromatic N) is 1. The average Bonchev–Trinajstić information content (AvgIpc) is 3.52. The molecule has 33 heavy (non-hydrogen) atoms. The summed E-state index contributed by atoms with van der Waals surface area (Å²) in [6.07, 6.45) is 2.65. The normalized spacial score (nSPS) is 21.4. The Bertz CT molecular complexity index is 1040. The molecule has 4 rings (SSSR count). The Labute approximate surface area is 201 Å². The summed E-state index contributed by atoms with van der Waals surface area (Å²) in [4.78, 5) is 42.7. The first-order chi connectivity index (χ1) is 15.8. The van der Waals surface area contributed by atoms with Gasteiger partial charge in [0.1, 0.15) is 12.1 Å². The van der Waals surface area contributed by atoms with E-state index in [9.17, 15) is 19.5 Å². The standard InChI is InChI=1S/C23H29N3O5S2/c1-3-31-22(30)18(10-15-12-24-17-7-5-4-6-16(15)17)25-14(2)20(27)26-13-23(32-8-9-33-23)11-19(26)21(28)29/h4-7,12,14,18-19,24-25H,3,8-11,13H2,1-2H3,(H,28,29)/t14-,18+,19-/m0/s1. The van der Waals surface area contributed by atoms with E-state index in [0.717, 1.165) is 28.0 Å². The topological polar surface area (TPSA) is 112 Å². The van der Waals surface area contributed by atoms with Gasteiger partial charge in [0.2, 0.25) is 5.91 Å². The maximum Gasteiger partial charge on any atom is 0.326 e. The first kappa shape index (κ1) is 24.0. The maximum absolute atomic E-state index is 13.4. The van der Waals surface area contributed by atoms with Crippen molar-refractivity contribution in [2.75, 3.05) is 24.7 Å². The molecule has 3 atom stereocenters. The smallest absolute Gasteiger partial charge is 0.326 e. The molecule has 2 saturated heterocycles. The number of ether oxygens (including phenoxy) is 1. The number of rotatable bonds is 8. The van der Waals surface area contributed by atoms with Crippen LogP contribution in [0.25, 0.3) is 10.9 Å². The molecule has 0 unspecified atom stereocenters. The number of fused-ring (bicyclic) bond motifs is 1. The quantitative estimate of drug-likeness (QED) is 0.483. The van der Waals surface area contributed by atoms with Crippen molar-refractivity contribution in [2.45, 2.75) is 48.9 Å². The second-order valence-electron chi connectivity index (χ2n) is 8.39. The summed E-state index contributed by atoms with van der Waals surface area (Å²) in [5, 5.41) is 13.9. The predicted molar refractivity (Wildman–Crippen MR) is 130 cm³/mol. The minimum absolute atomic E-state index is 0.234. The predicted octanol–water partition coefficient (Wildman–Crippen LogP) is 2.48. The zero-order chi connectivity index (χ0) is 23.6.